The molecule has 1 fully saturated rings. The Morgan fingerprint density at radius 3 is 2.60 bits per heavy atom. The molecule has 0 saturated carbocycles. The van der Waals surface area contributed by atoms with Crippen LogP contribution in [0.3, 0.4) is 0 Å². The summed E-state index contributed by atoms with van der Waals surface area (Å²) in [5, 5.41) is 9.98. The second kappa shape index (κ2) is 3.95. The smallest absolute Gasteiger partial charge is 0.0852 e. The summed E-state index contributed by atoms with van der Waals surface area (Å²) in [5.41, 5.74) is 1.84. The third kappa shape index (κ3) is 2.58. The maximum Gasteiger partial charge on any atom is 0.0852 e. The van der Waals surface area contributed by atoms with Crippen molar-refractivity contribution in [2.75, 3.05) is 6.61 Å². The summed E-state index contributed by atoms with van der Waals surface area (Å²) in [6, 6.07) is 8.34. The summed E-state index contributed by atoms with van der Waals surface area (Å²) in [5.74, 6) is 0. The molecule has 2 unspecified atom stereocenters. The minimum absolute atomic E-state index is 0.0503. The largest absolute Gasteiger partial charge is 0.390 e. The monoisotopic (exact) mass is 206 g/mol. The second-order valence-corrected chi connectivity index (χ2v) is 4.72. The van der Waals surface area contributed by atoms with Crippen LogP contribution in [0.4, 0.5) is 0 Å². The molecule has 0 radical (unpaired) electrons. The number of aryl methyl sites for hydroxylation is 1. The van der Waals surface area contributed by atoms with Crippen molar-refractivity contribution < 1.29 is 9.84 Å². The van der Waals surface area contributed by atoms with E-state index in [4.69, 9.17) is 4.74 Å². The number of aliphatic hydroxyl groups is 1. The molecule has 0 amide bonds. The van der Waals surface area contributed by atoms with Gasteiger partial charge in [-0.2, -0.15) is 0 Å². The van der Waals surface area contributed by atoms with Crippen LogP contribution in [0.1, 0.15) is 37.0 Å². The SMILES string of the molecule is Cc1ccc(C2CC(C)(O)CCO2)cc1. The maximum absolute atomic E-state index is 9.98. The first kappa shape index (κ1) is 10.7. The van der Waals surface area contributed by atoms with Gasteiger partial charge in [0, 0.05) is 6.42 Å². The molecule has 0 aromatic heterocycles. The highest BCUT2D eigenvalue weighted by Gasteiger charge is 2.31. The molecule has 1 heterocycles. The number of benzene rings is 1. The van der Waals surface area contributed by atoms with E-state index in [9.17, 15) is 5.11 Å². The van der Waals surface area contributed by atoms with E-state index in [1.807, 2.05) is 6.92 Å². The van der Waals surface area contributed by atoms with Crippen molar-refractivity contribution in [3.05, 3.63) is 35.4 Å². The summed E-state index contributed by atoms with van der Waals surface area (Å²) in [7, 11) is 0. The van der Waals surface area contributed by atoms with E-state index in [1.54, 1.807) is 0 Å². The minimum atomic E-state index is -0.576. The molecule has 0 aliphatic carbocycles. The van der Waals surface area contributed by atoms with E-state index in [2.05, 4.69) is 31.2 Å². The number of ether oxygens (including phenoxy) is 1. The van der Waals surface area contributed by atoms with Gasteiger partial charge in [0.2, 0.25) is 0 Å². The quantitative estimate of drug-likeness (QED) is 0.765. The van der Waals surface area contributed by atoms with Crippen LogP contribution in [0.25, 0.3) is 0 Å². The molecule has 1 aromatic rings. The van der Waals surface area contributed by atoms with Gasteiger partial charge in [0.05, 0.1) is 18.3 Å². The number of rotatable bonds is 1. The van der Waals surface area contributed by atoms with Crippen molar-refractivity contribution in [2.24, 2.45) is 0 Å². The average molecular weight is 206 g/mol. The van der Waals surface area contributed by atoms with E-state index in [-0.39, 0.29) is 6.10 Å². The summed E-state index contributed by atoms with van der Waals surface area (Å²) in [6.07, 6.45) is 1.47. The zero-order chi connectivity index (χ0) is 10.9. The van der Waals surface area contributed by atoms with Crippen LogP contribution in [-0.4, -0.2) is 17.3 Å². The Labute approximate surface area is 90.9 Å². The van der Waals surface area contributed by atoms with Crippen LogP contribution >= 0.6 is 0 Å². The van der Waals surface area contributed by atoms with Crippen molar-refractivity contribution in [1.82, 2.24) is 0 Å². The van der Waals surface area contributed by atoms with Crippen molar-refractivity contribution >= 4 is 0 Å². The highest BCUT2D eigenvalue weighted by atomic mass is 16.5. The van der Waals surface area contributed by atoms with Gasteiger partial charge in [-0.15, -0.1) is 0 Å². The normalized spacial score (nSPS) is 31.5. The van der Waals surface area contributed by atoms with Crippen LogP contribution in [0.15, 0.2) is 24.3 Å². The van der Waals surface area contributed by atoms with Crippen LogP contribution in [0.2, 0.25) is 0 Å². The maximum atomic E-state index is 9.98. The van der Waals surface area contributed by atoms with Gasteiger partial charge in [-0.3, -0.25) is 0 Å². The Bertz CT molecular complexity index is 327. The lowest BCUT2D eigenvalue weighted by Crippen LogP contribution is -2.34. The van der Waals surface area contributed by atoms with Gasteiger partial charge in [0.15, 0.2) is 0 Å². The van der Waals surface area contributed by atoms with E-state index in [1.165, 1.54) is 11.1 Å². The molecular formula is C13H18O2. The van der Waals surface area contributed by atoms with Crippen molar-refractivity contribution in [3.63, 3.8) is 0 Å². The molecule has 82 valence electrons. The third-order valence-electron chi connectivity index (χ3n) is 3.03. The van der Waals surface area contributed by atoms with Crippen molar-refractivity contribution in [1.29, 1.82) is 0 Å². The fourth-order valence-electron chi connectivity index (χ4n) is 1.98. The highest BCUT2D eigenvalue weighted by molar-refractivity contribution is 5.23. The van der Waals surface area contributed by atoms with Crippen LogP contribution in [0, 0.1) is 6.92 Å². The lowest BCUT2D eigenvalue weighted by molar-refractivity contribution is -0.0952. The molecule has 0 bridgehead atoms. The molecular weight excluding hydrogens is 188 g/mol. The van der Waals surface area contributed by atoms with Crippen molar-refractivity contribution in [3.8, 4) is 0 Å². The molecule has 2 rings (SSSR count). The van der Waals surface area contributed by atoms with Crippen LogP contribution < -0.4 is 0 Å². The van der Waals surface area contributed by atoms with E-state index in [0.717, 1.165) is 6.42 Å². The van der Waals surface area contributed by atoms with Gasteiger partial charge in [0.1, 0.15) is 0 Å². The second-order valence-electron chi connectivity index (χ2n) is 4.72. The zero-order valence-corrected chi connectivity index (χ0v) is 9.36. The Morgan fingerprint density at radius 2 is 2.00 bits per heavy atom. The van der Waals surface area contributed by atoms with Crippen molar-refractivity contribution in [2.45, 2.75) is 38.4 Å². The van der Waals surface area contributed by atoms with Gasteiger partial charge >= 0.3 is 0 Å². The fraction of sp³-hybridized carbons (Fsp3) is 0.538. The summed E-state index contributed by atoms with van der Waals surface area (Å²) >= 11 is 0. The molecule has 2 atom stereocenters. The van der Waals surface area contributed by atoms with Crippen LogP contribution in [-0.2, 0) is 4.74 Å². The topological polar surface area (TPSA) is 29.5 Å². The third-order valence-corrected chi connectivity index (χ3v) is 3.03. The highest BCUT2D eigenvalue weighted by Crippen LogP contribution is 2.33. The van der Waals surface area contributed by atoms with Gasteiger partial charge < -0.3 is 9.84 Å². The predicted molar refractivity (Wildman–Crippen MR) is 59.7 cm³/mol. The minimum Gasteiger partial charge on any atom is -0.390 e. The molecule has 2 heteroatoms. The standard InChI is InChI=1S/C13H18O2/c1-10-3-5-11(6-4-10)12-9-13(2,14)7-8-15-12/h3-6,12,14H,7-9H2,1-2H3. The van der Waals surface area contributed by atoms with E-state index < -0.39 is 5.60 Å². The molecule has 1 aliphatic heterocycles. The van der Waals surface area contributed by atoms with Gasteiger partial charge in [-0.05, 0) is 25.8 Å². The molecule has 1 saturated heterocycles. The lowest BCUT2D eigenvalue weighted by atomic mass is 9.89. The van der Waals surface area contributed by atoms with E-state index >= 15 is 0 Å². The van der Waals surface area contributed by atoms with Gasteiger partial charge in [0.25, 0.3) is 0 Å². The van der Waals surface area contributed by atoms with Gasteiger partial charge in [-0.25, -0.2) is 0 Å². The first-order valence-corrected chi connectivity index (χ1v) is 5.47. The summed E-state index contributed by atoms with van der Waals surface area (Å²) < 4.78 is 5.68. The number of hydrogen-bond acceptors (Lipinski definition) is 2. The molecule has 0 spiro atoms. The summed E-state index contributed by atoms with van der Waals surface area (Å²) in [6.45, 7) is 4.60. The molecule has 1 aliphatic rings. The fourth-order valence-corrected chi connectivity index (χ4v) is 1.98. The Balaban J connectivity index is 2.13. The molecule has 1 N–H and O–H groups in total. The first-order valence-electron chi connectivity index (χ1n) is 5.47. The first-order chi connectivity index (χ1) is 7.07. The van der Waals surface area contributed by atoms with Crippen LogP contribution in [0.5, 0.6) is 0 Å². The Kier molecular flexibility index (Phi) is 2.81. The Hall–Kier alpha value is -0.860. The van der Waals surface area contributed by atoms with Gasteiger partial charge in [-0.1, -0.05) is 29.8 Å². The molecule has 2 nitrogen and oxygen atoms in total. The average Bonchev–Trinajstić information content (AvgIpc) is 2.17. The molecule has 15 heavy (non-hydrogen) atoms. The lowest BCUT2D eigenvalue weighted by Gasteiger charge is -2.34. The number of hydrogen-bond donors (Lipinski definition) is 1. The summed E-state index contributed by atoms with van der Waals surface area (Å²) in [4.78, 5) is 0. The van der Waals surface area contributed by atoms with E-state index in [0.29, 0.717) is 13.0 Å². The Morgan fingerprint density at radius 1 is 1.33 bits per heavy atom. The zero-order valence-electron chi connectivity index (χ0n) is 9.36. The predicted octanol–water partition coefficient (Wildman–Crippen LogP) is 2.60. The molecule has 1 aromatic carbocycles.